The first-order valence-corrected chi connectivity index (χ1v) is 7.25. The molecule has 3 rings (SSSR count). The van der Waals surface area contributed by atoms with Crippen LogP contribution in [0.3, 0.4) is 0 Å². The summed E-state index contributed by atoms with van der Waals surface area (Å²) in [5.41, 5.74) is -0.164. The van der Waals surface area contributed by atoms with Gasteiger partial charge >= 0.3 is 0 Å². The summed E-state index contributed by atoms with van der Waals surface area (Å²) in [7, 11) is 1.88. The number of likely N-dealkylation sites (N-methyl/N-ethyl adjacent to an activating group) is 1. The lowest BCUT2D eigenvalue weighted by molar-refractivity contribution is -0.183. The van der Waals surface area contributed by atoms with E-state index in [-0.39, 0.29) is 24.2 Å². The Kier molecular flexibility index (Phi) is 3.56. The van der Waals surface area contributed by atoms with E-state index in [2.05, 4.69) is 11.8 Å². The maximum absolute atomic E-state index is 11.7. The Morgan fingerprint density at radius 2 is 2.15 bits per heavy atom. The molecule has 110 valence electrons. The molecule has 0 aromatic carbocycles. The summed E-state index contributed by atoms with van der Waals surface area (Å²) < 4.78 is 11.3. The highest BCUT2D eigenvalue weighted by atomic mass is 16.5. The molecular weight excluding hydrogens is 256 g/mol. The number of likely N-dealkylation sites (tertiary alicyclic amines) is 1. The number of piperidine rings is 1. The average molecular weight is 278 g/mol. The van der Waals surface area contributed by atoms with Crippen molar-refractivity contribution in [3.05, 3.63) is 24.2 Å². The average Bonchev–Trinajstić information content (AvgIpc) is 2.96. The first-order chi connectivity index (χ1) is 9.61. The van der Waals surface area contributed by atoms with Gasteiger partial charge in [-0.3, -0.25) is 9.69 Å². The predicted octanol–water partition coefficient (Wildman–Crippen LogP) is 1.49. The second-order valence-electron chi connectivity index (χ2n) is 5.89. The Hall–Kier alpha value is -1.33. The van der Waals surface area contributed by atoms with E-state index in [9.17, 15) is 4.79 Å². The van der Waals surface area contributed by atoms with Gasteiger partial charge in [0.25, 0.3) is 0 Å². The third kappa shape index (κ3) is 2.36. The fourth-order valence-corrected chi connectivity index (χ4v) is 3.27. The van der Waals surface area contributed by atoms with Gasteiger partial charge in [-0.15, -0.1) is 0 Å². The quantitative estimate of drug-likeness (QED) is 0.822. The van der Waals surface area contributed by atoms with E-state index < -0.39 is 0 Å². The third-order valence-corrected chi connectivity index (χ3v) is 4.88. The molecule has 2 fully saturated rings. The van der Waals surface area contributed by atoms with Crippen LogP contribution in [0, 0.1) is 0 Å². The van der Waals surface area contributed by atoms with Gasteiger partial charge in [0.2, 0.25) is 5.91 Å². The first-order valence-electron chi connectivity index (χ1n) is 7.25. The molecule has 1 atom stereocenters. The van der Waals surface area contributed by atoms with Crippen LogP contribution in [0.4, 0.5) is 0 Å². The summed E-state index contributed by atoms with van der Waals surface area (Å²) >= 11 is 0. The molecule has 0 saturated carbocycles. The first kappa shape index (κ1) is 13.6. The van der Waals surface area contributed by atoms with Gasteiger partial charge in [-0.25, -0.2) is 0 Å². The van der Waals surface area contributed by atoms with E-state index in [1.807, 2.05) is 24.1 Å². The van der Waals surface area contributed by atoms with E-state index in [0.717, 1.165) is 38.2 Å². The highest BCUT2D eigenvalue weighted by molar-refractivity contribution is 5.78. The molecule has 1 aromatic heterocycles. The van der Waals surface area contributed by atoms with E-state index in [1.54, 1.807) is 6.26 Å². The van der Waals surface area contributed by atoms with Crippen molar-refractivity contribution in [2.75, 3.05) is 26.7 Å². The zero-order valence-electron chi connectivity index (χ0n) is 12.2. The lowest BCUT2D eigenvalue weighted by Gasteiger charge is -2.50. The van der Waals surface area contributed by atoms with Crippen LogP contribution in [0.2, 0.25) is 0 Å². The molecule has 1 amide bonds. The van der Waals surface area contributed by atoms with E-state index >= 15 is 0 Å². The number of hydrogen-bond donors (Lipinski definition) is 0. The maximum Gasteiger partial charge on any atom is 0.248 e. The van der Waals surface area contributed by atoms with Gasteiger partial charge < -0.3 is 14.1 Å². The number of nitrogens with zero attached hydrogens (tertiary/aromatic N) is 2. The monoisotopic (exact) mass is 278 g/mol. The number of rotatable bonds is 2. The minimum atomic E-state index is -0.164. The second kappa shape index (κ2) is 5.22. The van der Waals surface area contributed by atoms with Crippen LogP contribution in [0.5, 0.6) is 0 Å². The Labute approximate surface area is 119 Å². The molecule has 1 aromatic rings. The second-order valence-corrected chi connectivity index (χ2v) is 5.89. The van der Waals surface area contributed by atoms with Gasteiger partial charge in [-0.1, -0.05) is 0 Å². The standard InChI is InChI=1S/C15H22N2O3/c1-12-15(20-11-14(18)16(12)2)5-7-17(8-6-15)10-13-4-3-9-19-13/h3-4,9,12H,5-8,10-11H2,1-2H3. The van der Waals surface area contributed by atoms with Crippen LogP contribution < -0.4 is 0 Å². The van der Waals surface area contributed by atoms with Gasteiger partial charge in [-0.2, -0.15) is 0 Å². The zero-order chi connectivity index (χ0) is 14.2. The molecule has 20 heavy (non-hydrogen) atoms. The van der Waals surface area contributed by atoms with Crippen LogP contribution in [0.25, 0.3) is 0 Å². The van der Waals surface area contributed by atoms with Crippen LogP contribution in [-0.2, 0) is 16.1 Å². The van der Waals surface area contributed by atoms with Gasteiger partial charge in [0, 0.05) is 20.1 Å². The maximum atomic E-state index is 11.7. The van der Waals surface area contributed by atoms with Gasteiger partial charge in [0.15, 0.2) is 0 Å². The highest BCUT2D eigenvalue weighted by Crippen LogP contribution is 2.35. The normalized spacial score (nSPS) is 27.2. The van der Waals surface area contributed by atoms with Crippen molar-refractivity contribution in [3.8, 4) is 0 Å². The summed E-state index contributed by atoms with van der Waals surface area (Å²) in [5, 5.41) is 0. The van der Waals surface area contributed by atoms with Crippen LogP contribution in [0.1, 0.15) is 25.5 Å². The van der Waals surface area contributed by atoms with E-state index in [1.165, 1.54) is 0 Å². The van der Waals surface area contributed by atoms with Crippen LogP contribution in [0.15, 0.2) is 22.8 Å². The molecule has 5 heteroatoms. The van der Waals surface area contributed by atoms with Gasteiger partial charge in [0.05, 0.1) is 24.5 Å². The SMILES string of the molecule is CC1N(C)C(=O)COC12CCN(Cc1ccco1)CC2. The topological polar surface area (TPSA) is 45.9 Å². The lowest BCUT2D eigenvalue weighted by Crippen LogP contribution is -2.62. The Morgan fingerprint density at radius 1 is 1.40 bits per heavy atom. The lowest BCUT2D eigenvalue weighted by atomic mass is 9.83. The van der Waals surface area contributed by atoms with Crippen LogP contribution in [-0.4, -0.2) is 54.1 Å². The summed E-state index contributed by atoms with van der Waals surface area (Å²) in [4.78, 5) is 15.9. The van der Waals surface area contributed by atoms with Crippen molar-refractivity contribution >= 4 is 5.91 Å². The molecule has 2 aliphatic heterocycles. The Bertz CT molecular complexity index is 463. The third-order valence-electron chi connectivity index (χ3n) is 4.88. The van der Waals surface area contributed by atoms with Crippen molar-refractivity contribution in [1.82, 2.24) is 9.80 Å². The number of ether oxygens (including phenoxy) is 1. The van der Waals surface area contributed by atoms with Gasteiger partial charge in [-0.05, 0) is 31.9 Å². The van der Waals surface area contributed by atoms with Crippen molar-refractivity contribution in [2.45, 2.75) is 38.0 Å². The summed E-state index contributed by atoms with van der Waals surface area (Å²) in [6, 6.07) is 4.08. The minimum Gasteiger partial charge on any atom is -0.468 e. The predicted molar refractivity (Wildman–Crippen MR) is 74.1 cm³/mol. The van der Waals surface area contributed by atoms with E-state index in [4.69, 9.17) is 9.15 Å². The number of morpholine rings is 1. The number of hydrogen-bond acceptors (Lipinski definition) is 4. The largest absolute Gasteiger partial charge is 0.468 e. The molecule has 0 aliphatic carbocycles. The minimum absolute atomic E-state index is 0.0844. The molecule has 2 aliphatic rings. The zero-order valence-corrected chi connectivity index (χ0v) is 12.2. The van der Waals surface area contributed by atoms with Crippen molar-refractivity contribution in [2.24, 2.45) is 0 Å². The molecule has 0 radical (unpaired) electrons. The summed E-state index contributed by atoms with van der Waals surface area (Å²) in [6.45, 7) is 5.13. The molecule has 1 unspecified atom stereocenters. The Morgan fingerprint density at radius 3 is 2.80 bits per heavy atom. The summed E-state index contributed by atoms with van der Waals surface area (Å²) in [6.07, 6.45) is 3.65. The molecule has 5 nitrogen and oxygen atoms in total. The van der Waals surface area contributed by atoms with Crippen molar-refractivity contribution in [1.29, 1.82) is 0 Å². The van der Waals surface area contributed by atoms with Crippen molar-refractivity contribution < 1.29 is 13.9 Å². The molecule has 3 heterocycles. The van der Waals surface area contributed by atoms with Crippen LogP contribution >= 0.6 is 0 Å². The van der Waals surface area contributed by atoms with Crippen molar-refractivity contribution in [3.63, 3.8) is 0 Å². The number of amides is 1. The highest BCUT2D eigenvalue weighted by Gasteiger charge is 2.46. The molecule has 1 spiro atoms. The Balaban J connectivity index is 1.61. The molecule has 2 saturated heterocycles. The fraction of sp³-hybridized carbons (Fsp3) is 0.667. The number of furan rings is 1. The smallest absolute Gasteiger partial charge is 0.248 e. The van der Waals surface area contributed by atoms with E-state index in [0.29, 0.717) is 0 Å². The van der Waals surface area contributed by atoms with Gasteiger partial charge in [0.1, 0.15) is 12.4 Å². The molecule has 0 bridgehead atoms. The number of carbonyl (C=O) groups is 1. The molecular formula is C15H22N2O3. The molecule has 0 N–H and O–H groups in total. The number of carbonyl (C=O) groups excluding carboxylic acids is 1. The summed E-state index contributed by atoms with van der Waals surface area (Å²) in [5.74, 6) is 1.09. The fourth-order valence-electron chi connectivity index (χ4n) is 3.27.